The molecule has 0 aliphatic heterocycles. The monoisotopic (exact) mass is 357 g/mol. The number of rotatable bonds is 6. The third kappa shape index (κ3) is 4.99. The van der Waals surface area contributed by atoms with Gasteiger partial charge in [0.2, 0.25) is 5.91 Å². The number of hydrogen-bond donors (Lipinski definition) is 1. The van der Waals surface area contributed by atoms with Crippen LogP contribution >= 0.6 is 0 Å². The van der Waals surface area contributed by atoms with Crippen LogP contribution in [0, 0.1) is 12.7 Å². The van der Waals surface area contributed by atoms with Gasteiger partial charge < -0.3 is 10.1 Å². The number of Topliss-reactive ketones (excluding diaryl/α,β-unsaturated/α-hetero) is 1. The molecule has 0 spiro atoms. The summed E-state index contributed by atoms with van der Waals surface area (Å²) >= 11 is 0. The predicted octanol–water partition coefficient (Wildman–Crippen LogP) is 3.37. The molecule has 5 nitrogen and oxygen atoms in total. The first-order valence-electron chi connectivity index (χ1n) is 8.11. The molecule has 136 valence electrons. The Morgan fingerprint density at radius 3 is 2.27 bits per heavy atom. The summed E-state index contributed by atoms with van der Waals surface area (Å²) in [6.07, 6.45) is 0. The number of esters is 1. The lowest BCUT2D eigenvalue weighted by Gasteiger charge is -2.13. The minimum absolute atomic E-state index is 0.0559. The molecule has 0 saturated carbocycles. The highest BCUT2D eigenvalue weighted by molar-refractivity contribution is 5.99. The van der Waals surface area contributed by atoms with Gasteiger partial charge in [-0.05, 0) is 37.1 Å². The van der Waals surface area contributed by atoms with Gasteiger partial charge in [-0.2, -0.15) is 0 Å². The van der Waals surface area contributed by atoms with E-state index in [1.165, 1.54) is 19.1 Å². The maximum Gasteiger partial charge on any atom is 0.338 e. The lowest BCUT2D eigenvalue weighted by molar-refractivity contribution is -0.119. The van der Waals surface area contributed by atoms with E-state index < -0.39 is 18.4 Å². The van der Waals surface area contributed by atoms with Gasteiger partial charge in [-0.25, -0.2) is 9.18 Å². The molecule has 0 fully saturated rings. The van der Waals surface area contributed by atoms with Gasteiger partial charge in [-0.1, -0.05) is 30.3 Å². The van der Waals surface area contributed by atoms with Gasteiger partial charge in [0.15, 0.2) is 12.4 Å². The van der Waals surface area contributed by atoms with E-state index >= 15 is 0 Å². The lowest BCUT2D eigenvalue weighted by atomic mass is 10.0. The molecule has 2 aromatic rings. The lowest BCUT2D eigenvalue weighted by Crippen LogP contribution is -2.23. The third-order valence-electron chi connectivity index (χ3n) is 3.89. The fourth-order valence-electron chi connectivity index (χ4n) is 2.36. The highest BCUT2D eigenvalue weighted by atomic mass is 19.1. The zero-order valence-electron chi connectivity index (χ0n) is 14.8. The fourth-order valence-corrected chi connectivity index (χ4v) is 2.36. The normalized spacial score (nSPS) is 11.5. The minimum Gasteiger partial charge on any atom is -0.454 e. The summed E-state index contributed by atoms with van der Waals surface area (Å²) in [5.74, 6) is -1.77. The molecule has 0 heterocycles. The van der Waals surface area contributed by atoms with E-state index in [0.29, 0.717) is 11.1 Å². The van der Waals surface area contributed by atoms with Crippen LogP contribution in [0.25, 0.3) is 0 Å². The van der Waals surface area contributed by atoms with Crippen molar-refractivity contribution in [3.8, 4) is 0 Å². The second kappa shape index (κ2) is 8.38. The summed E-state index contributed by atoms with van der Waals surface area (Å²) in [4.78, 5) is 35.1. The van der Waals surface area contributed by atoms with Crippen molar-refractivity contribution < 1.29 is 23.5 Å². The maximum absolute atomic E-state index is 13.5. The Morgan fingerprint density at radius 2 is 1.69 bits per heavy atom. The van der Waals surface area contributed by atoms with Crippen molar-refractivity contribution in [2.45, 2.75) is 26.8 Å². The quantitative estimate of drug-likeness (QED) is 0.635. The van der Waals surface area contributed by atoms with Crippen molar-refractivity contribution in [2.75, 3.05) is 6.61 Å². The van der Waals surface area contributed by atoms with Crippen molar-refractivity contribution in [2.24, 2.45) is 0 Å². The van der Waals surface area contributed by atoms with Crippen LogP contribution in [-0.4, -0.2) is 24.3 Å². The van der Waals surface area contributed by atoms with Crippen molar-refractivity contribution >= 4 is 17.7 Å². The highest BCUT2D eigenvalue weighted by Gasteiger charge is 2.14. The first-order chi connectivity index (χ1) is 12.3. The summed E-state index contributed by atoms with van der Waals surface area (Å²) in [5, 5.41) is 2.75. The number of ether oxygens (including phenoxy) is 1. The van der Waals surface area contributed by atoms with Gasteiger partial charge in [-0.15, -0.1) is 0 Å². The standard InChI is InChI=1S/C20H20FNO4/c1-12-4-5-17(10-18(12)21)20(25)26-11-19(24)16-8-6-15(7-9-16)13(2)22-14(3)23/h4-10,13H,11H2,1-3H3,(H,22,23)/t13-/m0/s1. The van der Waals surface area contributed by atoms with Crippen LogP contribution in [0.4, 0.5) is 4.39 Å². The summed E-state index contributed by atoms with van der Waals surface area (Å²) in [6.45, 7) is 4.42. The second-order valence-corrected chi connectivity index (χ2v) is 6.01. The van der Waals surface area contributed by atoms with Crippen LogP contribution in [-0.2, 0) is 9.53 Å². The van der Waals surface area contributed by atoms with E-state index in [2.05, 4.69) is 5.32 Å². The van der Waals surface area contributed by atoms with E-state index in [0.717, 1.165) is 11.6 Å². The SMILES string of the molecule is CC(=O)N[C@@H](C)c1ccc(C(=O)COC(=O)c2ccc(C)c(F)c2)cc1. The van der Waals surface area contributed by atoms with Crippen LogP contribution in [0.1, 0.15) is 51.7 Å². The van der Waals surface area contributed by atoms with Crippen LogP contribution in [0.3, 0.4) is 0 Å². The molecule has 0 bridgehead atoms. The molecule has 1 amide bonds. The van der Waals surface area contributed by atoms with Gasteiger partial charge in [0.1, 0.15) is 5.82 Å². The van der Waals surface area contributed by atoms with Crippen molar-refractivity contribution in [3.05, 3.63) is 70.5 Å². The Labute approximate surface area is 151 Å². The zero-order chi connectivity index (χ0) is 19.3. The molecule has 1 atom stereocenters. The molecule has 0 aromatic heterocycles. The zero-order valence-corrected chi connectivity index (χ0v) is 14.8. The first-order valence-corrected chi connectivity index (χ1v) is 8.11. The Balaban J connectivity index is 1.96. The number of carbonyl (C=O) groups is 3. The predicted molar refractivity (Wildman–Crippen MR) is 94.4 cm³/mol. The minimum atomic E-state index is -0.756. The Hall–Kier alpha value is -3.02. The van der Waals surface area contributed by atoms with Crippen LogP contribution in [0.15, 0.2) is 42.5 Å². The van der Waals surface area contributed by atoms with Gasteiger partial charge in [-0.3, -0.25) is 9.59 Å². The van der Waals surface area contributed by atoms with E-state index in [9.17, 15) is 18.8 Å². The number of aryl methyl sites for hydroxylation is 1. The number of ketones is 1. The van der Waals surface area contributed by atoms with Crippen molar-refractivity contribution in [1.29, 1.82) is 0 Å². The largest absolute Gasteiger partial charge is 0.454 e. The first kappa shape index (κ1) is 19.3. The van der Waals surface area contributed by atoms with Crippen molar-refractivity contribution in [1.82, 2.24) is 5.32 Å². The summed E-state index contributed by atoms with van der Waals surface area (Å²) < 4.78 is 18.4. The maximum atomic E-state index is 13.5. The third-order valence-corrected chi connectivity index (χ3v) is 3.89. The molecule has 1 N–H and O–H groups in total. The van der Waals surface area contributed by atoms with Crippen LogP contribution < -0.4 is 5.32 Å². The van der Waals surface area contributed by atoms with Gasteiger partial charge in [0, 0.05) is 12.5 Å². The fraction of sp³-hybridized carbons (Fsp3) is 0.250. The number of amides is 1. The van der Waals surface area contributed by atoms with E-state index in [4.69, 9.17) is 4.74 Å². The summed E-state index contributed by atoms with van der Waals surface area (Å²) in [6, 6.07) is 10.5. The van der Waals surface area contributed by atoms with Crippen LogP contribution in [0.5, 0.6) is 0 Å². The van der Waals surface area contributed by atoms with E-state index in [-0.39, 0.29) is 23.3 Å². The second-order valence-electron chi connectivity index (χ2n) is 6.01. The van der Waals surface area contributed by atoms with Gasteiger partial charge in [0.05, 0.1) is 11.6 Å². The number of nitrogens with one attached hydrogen (secondary N) is 1. The topological polar surface area (TPSA) is 72.5 Å². The van der Waals surface area contributed by atoms with Gasteiger partial charge >= 0.3 is 5.97 Å². The number of carbonyl (C=O) groups excluding carboxylic acids is 3. The molecule has 26 heavy (non-hydrogen) atoms. The molecule has 6 heteroatoms. The molecule has 2 aromatic carbocycles. The Morgan fingerprint density at radius 1 is 1.08 bits per heavy atom. The number of halogens is 1. The molecule has 0 aliphatic carbocycles. The van der Waals surface area contributed by atoms with Gasteiger partial charge in [0.25, 0.3) is 0 Å². The average Bonchev–Trinajstić information content (AvgIpc) is 2.61. The Kier molecular flexibility index (Phi) is 6.22. The highest BCUT2D eigenvalue weighted by Crippen LogP contribution is 2.14. The molecular formula is C20H20FNO4. The molecule has 0 radical (unpaired) electrons. The smallest absolute Gasteiger partial charge is 0.338 e. The Bertz CT molecular complexity index is 830. The number of benzene rings is 2. The van der Waals surface area contributed by atoms with Crippen LogP contribution in [0.2, 0.25) is 0 Å². The van der Waals surface area contributed by atoms with E-state index in [1.807, 2.05) is 6.92 Å². The molecule has 0 aliphatic rings. The summed E-state index contributed by atoms with van der Waals surface area (Å²) in [7, 11) is 0. The average molecular weight is 357 g/mol. The van der Waals surface area contributed by atoms with Crippen molar-refractivity contribution in [3.63, 3.8) is 0 Å². The molecule has 2 rings (SSSR count). The number of hydrogen-bond acceptors (Lipinski definition) is 4. The molecule has 0 saturated heterocycles. The summed E-state index contributed by atoms with van der Waals surface area (Å²) in [5.41, 5.74) is 1.71. The van der Waals surface area contributed by atoms with E-state index in [1.54, 1.807) is 31.2 Å². The molecular weight excluding hydrogens is 337 g/mol. The molecule has 0 unspecified atom stereocenters.